The van der Waals surface area contributed by atoms with Crippen molar-refractivity contribution in [2.45, 2.75) is 52.2 Å². The van der Waals surface area contributed by atoms with Crippen LogP contribution in [-0.2, 0) is 4.74 Å². The molecule has 1 fully saturated rings. The maximum absolute atomic E-state index is 13.0. The van der Waals surface area contributed by atoms with Gasteiger partial charge in [0.05, 0.1) is 22.8 Å². The van der Waals surface area contributed by atoms with Crippen molar-refractivity contribution in [2.75, 3.05) is 6.61 Å². The van der Waals surface area contributed by atoms with Crippen molar-refractivity contribution >= 4 is 11.6 Å². The number of carbonyl (C=O) groups excluding carboxylic acids is 2. The summed E-state index contributed by atoms with van der Waals surface area (Å²) in [7, 11) is 0. The molecular weight excluding hydrogens is 396 g/mol. The number of benzene rings is 2. The summed E-state index contributed by atoms with van der Waals surface area (Å²) in [5, 5.41) is 20.6. The Balaban J connectivity index is 1.51. The summed E-state index contributed by atoms with van der Waals surface area (Å²) in [6.07, 6.45) is 4.11. The van der Waals surface area contributed by atoms with E-state index in [2.05, 4.69) is 13.8 Å². The minimum atomic E-state index is -0.577. The zero-order chi connectivity index (χ0) is 22.5. The summed E-state index contributed by atoms with van der Waals surface area (Å²) in [4.78, 5) is 25.9. The maximum atomic E-state index is 13.0. The lowest BCUT2D eigenvalue weighted by Gasteiger charge is -2.20. The Morgan fingerprint density at radius 2 is 1.68 bits per heavy atom. The second-order valence-electron chi connectivity index (χ2n) is 8.84. The molecule has 0 spiro atoms. The number of allylic oxidation sites excluding steroid dienone is 1. The Kier molecular flexibility index (Phi) is 5.13. The molecule has 0 amide bonds. The molecule has 162 valence electrons. The van der Waals surface area contributed by atoms with Gasteiger partial charge in [0.1, 0.15) is 23.9 Å². The first kappa shape index (κ1) is 21.1. The van der Waals surface area contributed by atoms with Gasteiger partial charge in [0, 0.05) is 17.2 Å². The number of ether oxygens (including phenoxy) is 2. The molecule has 0 aromatic heterocycles. The first-order valence-electron chi connectivity index (χ1n) is 10.3. The van der Waals surface area contributed by atoms with Gasteiger partial charge in [-0.2, -0.15) is 0 Å². The van der Waals surface area contributed by atoms with Crippen LogP contribution in [0.3, 0.4) is 0 Å². The number of fused-ring (bicyclic) bond motifs is 2. The molecule has 1 atom stereocenters. The average molecular weight is 422 g/mol. The largest absolute Gasteiger partial charge is 0.507 e. The van der Waals surface area contributed by atoms with Gasteiger partial charge < -0.3 is 19.7 Å². The van der Waals surface area contributed by atoms with Gasteiger partial charge in [0.2, 0.25) is 5.78 Å². The molecule has 0 radical (unpaired) electrons. The van der Waals surface area contributed by atoms with Crippen LogP contribution < -0.4 is 4.74 Å². The highest BCUT2D eigenvalue weighted by Crippen LogP contribution is 2.40. The lowest BCUT2D eigenvalue weighted by molar-refractivity contribution is 0.0974. The van der Waals surface area contributed by atoms with Crippen molar-refractivity contribution in [3.05, 3.63) is 63.7 Å². The number of aryl methyl sites for hydroxylation is 1. The number of phenols is 2. The van der Waals surface area contributed by atoms with Crippen molar-refractivity contribution in [3.63, 3.8) is 0 Å². The van der Waals surface area contributed by atoms with Gasteiger partial charge in [-0.1, -0.05) is 5.57 Å². The molecule has 0 bridgehead atoms. The summed E-state index contributed by atoms with van der Waals surface area (Å²) in [6, 6.07) is 5.79. The SMILES string of the molecule is C/C(=C\COc1cc(O)c2c(c1)C(=O)c1cc(C)cc(O)c1C2=O)CCC1OC1(C)C. The molecule has 2 aromatic rings. The fraction of sp³-hybridized carbons (Fsp3) is 0.360. The molecule has 1 aliphatic heterocycles. The number of aromatic hydroxyl groups is 2. The highest BCUT2D eigenvalue weighted by Gasteiger charge is 2.46. The van der Waals surface area contributed by atoms with Gasteiger partial charge >= 0.3 is 0 Å². The minimum Gasteiger partial charge on any atom is -0.507 e. The van der Waals surface area contributed by atoms with Crippen molar-refractivity contribution < 1.29 is 29.3 Å². The van der Waals surface area contributed by atoms with Crippen molar-refractivity contribution in [3.8, 4) is 17.2 Å². The van der Waals surface area contributed by atoms with E-state index >= 15 is 0 Å². The van der Waals surface area contributed by atoms with Crippen LogP contribution in [0.15, 0.2) is 35.9 Å². The summed E-state index contributed by atoms with van der Waals surface area (Å²) in [5.41, 5.74) is 1.84. The van der Waals surface area contributed by atoms with Gasteiger partial charge in [0.15, 0.2) is 5.78 Å². The van der Waals surface area contributed by atoms with E-state index in [-0.39, 0.29) is 46.0 Å². The fourth-order valence-corrected chi connectivity index (χ4v) is 4.04. The van der Waals surface area contributed by atoms with E-state index in [1.165, 1.54) is 23.8 Å². The molecule has 6 nitrogen and oxygen atoms in total. The third-order valence-corrected chi connectivity index (χ3v) is 5.94. The smallest absolute Gasteiger partial charge is 0.201 e. The van der Waals surface area contributed by atoms with Gasteiger partial charge in [-0.3, -0.25) is 9.59 Å². The van der Waals surface area contributed by atoms with Crippen molar-refractivity contribution in [1.29, 1.82) is 0 Å². The van der Waals surface area contributed by atoms with Crippen LogP contribution in [0.1, 0.15) is 71.0 Å². The molecule has 0 saturated carbocycles. The normalized spacial score (nSPS) is 19.1. The lowest BCUT2D eigenvalue weighted by atomic mass is 9.82. The number of phenolic OH excluding ortho intramolecular Hbond substituents is 2. The molecule has 2 N–H and O–H groups in total. The fourth-order valence-electron chi connectivity index (χ4n) is 4.04. The molecule has 1 heterocycles. The summed E-state index contributed by atoms with van der Waals surface area (Å²) >= 11 is 0. The van der Waals surface area contributed by atoms with Crippen molar-refractivity contribution in [1.82, 2.24) is 0 Å². The molecular formula is C25H26O6. The Hall–Kier alpha value is -3.12. The maximum Gasteiger partial charge on any atom is 0.201 e. The highest BCUT2D eigenvalue weighted by atomic mass is 16.6. The Morgan fingerprint density at radius 3 is 2.32 bits per heavy atom. The van der Waals surface area contributed by atoms with Crippen LogP contribution >= 0.6 is 0 Å². The topological polar surface area (TPSA) is 96.4 Å². The molecule has 4 rings (SSSR count). The number of hydrogen-bond acceptors (Lipinski definition) is 6. The third-order valence-electron chi connectivity index (χ3n) is 5.94. The van der Waals surface area contributed by atoms with Crippen LogP contribution in [0.4, 0.5) is 0 Å². The number of ketones is 2. The predicted octanol–water partition coefficient (Wildman–Crippen LogP) is 4.46. The predicted molar refractivity (Wildman–Crippen MR) is 115 cm³/mol. The first-order valence-corrected chi connectivity index (χ1v) is 10.3. The average Bonchev–Trinajstić information content (AvgIpc) is 3.30. The number of hydrogen-bond donors (Lipinski definition) is 2. The van der Waals surface area contributed by atoms with Crippen LogP contribution in [0.25, 0.3) is 0 Å². The standard InChI is InChI=1S/C25H26O6/c1-13(5-6-20-25(3,4)31-20)7-8-30-15-11-17-22(19(27)12-15)24(29)21-16(23(17)28)9-14(2)10-18(21)26/h7,9-12,20,26-27H,5-6,8H2,1-4H3/b13-7+. The second-order valence-corrected chi connectivity index (χ2v) is 8.84. The quantitative estimate of drug-likeness (QED) is 0.450. The third kappa shape index (κ3) is 3.95. The minimum absolute atomic E-state index is 0.0185. The summed E-state index contributed by atoms with van der Waals surface area (Å²) in [5.74, 6) is -1.31. The van der Waals surface area contributed by atoms with E-state index in [1.54, 1.807) is 13.0 Å². The van der Waals surface area contributed by atoms with E-state index in [1.807, 2.05) is 13.0 Å². The van der Waals surface area contributed by atoms with Crippen LogP contribution in [0.2, 0.25) is 0 Å². The number of rotatable bonds is 6. The van der Waals surface area contributed by atoms with Gasteiger partial charge in [-0.15, -0.1) is 0 Å². The van der Waals surface area contributed by atoms with E-state index < -0.39 is 11.6 Å². The van der Waals surface area contributed by atoms with E-state index in [9.17, 15) is 19.8 Å². The van der Waals surface area contributed by atoms with Gasteiger partial charge in [-0.05, 0) is 70.4 Å². The lowest BCUT2D eigenvalue weighted by Crippen LogP contribution is -2.21. The second kappa shape index (κ2) is 7.54. The number of carbonyl (C=O) groups is 2. The summed E-state index contributed by atoms with van der Waals surface area (Å²) in [6.45, 7) is 8.19. The molecule has 31 heavy (non-hydrogen) atoms. The molecule has 2 aromatic carbocycles. The monoisotopic (exact) mass is 422 g/mol. The Bertz CT molecular complexity index is 1130. The van der Waals surface area contributed by atoms with E-state index in [0.717, 1.165) is 12.8 Å². The van der Waals surface area contributed by atoms with Crippen LogP contribution in [-0.4, -0.2) is 40.1 Å². The van der Waals surface area contributed by atoms with Crippen LogP contribution in [0.5, 0.6) is 17.2 Å². The molecule has 2 aliphatic rings. The molecule has 1 saturated heterocycles. The van der Waals surface area contributed by atoms with E-state index in [0.29, 0.717) is 17.4 Å². The Labute approximate surface area is 181 Å². The van der Waals surface area contributed by atoms with Crippen LogP contribution in [0, 0.1) is 6.92 Å². The highest BCUT2D eigenvalue weighted by molar-refractivity contribution is 6.30. The zero-order valence-electron chi connectivity index (χ0n) is 18.1. The molecule has 1 unspecified atom stereocenters. The summed E-state index contributed by atoms with van der Waals surface area (Å²) < 4.78 is 11.3. The van der Waals surface area contributed by atoms with Crippen molar-refractivity contribution in [2.24, 2.45) is 0 Å². The van der Waals surface area contributed by atoms with Gasteiger partial charge in [0.25, 0.3) is 0 Å². The molecule has 1 aliphatic carbocycles. The van der Waals surface area contributed by atoms with Gasteiger partial charge in [-0.25, -0.2) is 0 Å². The Morgan fingerprint density at radius 1 is 1.06 bits per heavy atom. The first-order chi connectivity index (χ1) is 14.6. The van der Waals surface area contributed by atoms with E-state index in [4.69, 9.17) is 9.47 Å². The number of epoxide rings is 1. The zero-order valence-corrected chi connectivity index (χ0v) is 18.1. The molecule has 6 heteroatoms.